The first-order valence-corrected chi connectivity index (χ1v) is 4.95. The number of phenols is 1. The Labute approximate surface area is 87.4 Å². The van der Waals surface area contributed by atoms with E-state index in [0.29, 0.717) is 18.2 Å². The molecule has 0 amide bonds. The van der Waals surface area contributed by atoms with Crippen molar-refractivity contribution in [1.29, 1.82) is 0 Å². The van der Waals surface area contributed by atoms with Crippen LogP contribution in [0.4, 0.5) is 0 Å². The van der Waals surface area contributed by atoms with Crippen LogP contribution >= 0.6 is 0 Å². The van der Waals surface area contributed by atoms with Crippen LogP contribution in [0.5, 0.6) is 5.75 Å². The van der Waals surface area contributed by atoms with Crippen molar-refractivity contribution in [3.8, 4) is 5.75 Å². The lowest BCUT2D eigenvalue weighted by atomic mass is 9.99. The number of para-hydroxylation sites is 1. The second-order valence-electron chi connectivity index (χ2n) is 3.41. The fourth-order valence-electron chi connectivity index (χ4n) is 1.32. The van der Waals surface area contributed by atoms with E-state index in [1.165, 1.54) is 0 Å². The minimum Gasteiger partial charge on any atom is -0.507 e. The molecule has 73 valence electrons. The molecule has 0 atom stereocenters. The topological polar surface area (TPSA) is 45.0 Å². The Morgan fingerprint density at radius 1 is 1.43 bits per heavy atom. The van der Waals surface area contributed by atoms with Gasteiger partial charge in [0.2, 0.25) is 0 Å². The zero-order valence-corrected chi connectivity index (χ0v) is 9.36. The Kier molecular flexibility index (Phi) is 3.82. The van der Waals surface area contributed by atoms with Gasteiger partial charge in [0.1, 0.15) is 5.75 Å². The van der Waals surface area contributed by atoms with Gasteiger partial charge in [-0.3, -0.25) is 0 Å². The third-order valence-electron chi connectivity index (χ3n) is 2.08. The highest BCUT2D eigenvalue weighted by Gasteiger charge is 2.08. The zero-order valence-electron chi connectivity index (χ0n) is 8.36. The Morgan fingerprint density at radius 3 is 2.71 bits per heavy atom. The summed E-state index contributed by atoms with van der Waals surface area (Å²) < 4.78 is 3.47. The number of hydrogen-bond acceptors (Lipinski definition) is 3. The SMILES string of the molecule is CC(C)c1cccc(CN=N[Si])c1O. The fraction of sp³-hybridized carbons (Fsp3) is 0.400. The molecule has 4 heteroatoms. The third-order valence-corrected chi connectivity index (χ3v) is 2.23. The van der Waals surface area contributed by atoms with Gasteiger partial charge >= 0.3 is 0 Å². The minimum absolute atomic E-state index is 0.315. The van der Waals surface area contributed by atoms with E-state index in [0.717, 1.165) is 11.1 Å². The zero-order chi connectivity index (χ0) is 10.6. The van der Waals surface area contributed by atoms with E-state index in [9.17, 15) is 5.11 Å². The second kappa shape index (κ2) is 4.90. The Morgan fingerprint density at radius 2 is 2.14 bits per heavy atom. The maximum atomic E-state index is 9.87. The monoisotopic (exact) mass is 205 g/mol. The molecule has 14 heavy (non-hydrogen) atoms. The van der Waals surface area contributed by atoms with E-state index < -0.39 is 0 Å². The third kappa shape index (κ3) is 2.42. The Hall–Kier alpha value is -1.16. The number of rotatable bonds is 3. The molecule has 0 aliphatic heterocycles. The van der Waals surface area contributed by atoms with Crippen LogP contribution in [0.3, 0.4) is 0 Å². The molecule has 0 spiro atoms. The lowest BCUT2D eigenvalue weighted by molar-refractivity contribution is 0.457. The normalized spacial score (nSPS) is 11.4. The van der Waals surface area contributed by atoms with Crippen LogP contribution in [-0.4, -0.2) is 15.5 Å². The number of benzene rings is 1. The maximum absolute atomic E-state index is 9.87. The van der Waals surface area contributed by atoms with Gasteiger partial charge in [-0.15, -0.1) is 0 Å². The highest BCUT2D eigenvalue weighted by atomic mass is 28.2. The van der Waals surface area contributed by atoms with Gasteiger partial charge in [-0.05, 0) is 11.5 Å². The van der Waals surface area contributed by atoms with Gasteiger partial charge in [0.25, 0.3) is 10.4 Å². The van der Waals surface area contributed by atoms with Crippen molar-refractivity contribution in [3.63, 3.8) is 0 Å². The van der Waals surface area contributed by atoms with Crippen LogP contribution in [-0.2, 0) is 6.54 Å². The van der Waals surface area contributed by atoms with Crippen LogP contribution in [0.25, 0.3) is 0 Å². The lowest BCUT2D eigenvalue weighted by Gasteiger charge is -2.10. The predicted molar refractivity (Wildman–Crippen MR) is 56.5 cm³/mol. The van der Waals surface area contributed by atoms with Crippen LogP contribution < -0.4 is 0 Å². The number of hydrogen-bond donors (Lipinski definition) is 1. The molecule has 0 bridgehead atoms. The lowest BCUT2D eigenvalue weighted by Crippen LogP contribution is -1.91. The van der Waals surface area contributed by atoms with Crippen LogP contribution in [0, 0.1) is 0 Å². The Balaban J connectivity index is 3.01. The first-order valence-electron chi connectivity index (χ1n) is 4.50. The van der Waals surface area contributed by atoms with Crippen molar-refractivity contribution in [1.82, 2.24) is 0 Å². The molecule has 0 aliphatic rings. The molecule has 3 nitrogen and oxygen atoms in total. The van der Waals surface area contributed by atoms with Gasteiger partial charge in [-0.25, -0.2) is 9.89 Å². The molecule has 1 aromatic carbocycles. The summed E-state index contributed by atoms with van der Waals surface area (Å²) in [6, 6.07) is 5.70. The van der Waals surface area contributed by atoms with Crippen molar-refractivity contribution in [3.05, 3.63) is 29.3 Å². The van der Waals surface area contributed by atoms with Crippen molar-refractivity contribution < 1.29 is 5.11 Å². The molecule has 0 aromatic heterocycles. The molecule has 0 saturated heterocycles. The highest BCUT2D eigenvalue weighted by molar-refractivity contribution is 6.04. The van der Waals surface area contributed by atoms with E-state index in [4.69, 9.17) is 0 Å². The number of aromatic hydroxyl groups is 1. The molecular formula is C10H13N2OSi. The predicted octanol–water partition coefficient (Wildman–Crippen LogP) is 2.55. The standard InChI is InChI=1S/C10H13N2OSi/c1-7(2)9-5-3-4-8(10(9)13)6-11-12-14/h3-5,7,13H,6H2,1-2H3. The summed E-state index contributed by atoms with van der Waals surface area (Å²) in [7, 11) is 2.90. The van der Waals surface area contributed by atoms with Crippen molar-refractivity contribution >= 4 is 10.4 Å². The van der Waals surface area contributed by atoms with E-state index in [1.807, 2.05) is 32.0 Å². The number of phenolic OH excluding ortho intramolecular Hbond substituents is 1. The van der Waals surface area contributed by atoms with Gasteiger partial charge in [0.15, 0.2) is 0 Å². The van der Waals surface area contributed by atoms with E-state index >= 15 is 0 Å². The summed E-state index contributed by atoms with van der Waals surface area (Å²) in [5, 5.41) is 13.7. The van der Waals surface area contributed by atoms with Crippen molar-refractivity contribution in [2.75, 3.05) is 0 Å². The van der Waals surface area contributed by atoms with Crippen LogP contribution in [0.15, 0.2) is 28.1 Å². The minimum atomic E-state index is 0.315. The average molecular weight is 205 g/mol. The molecule has 0 heterocycles. The van der Waals surface area contributed by atoms with Gasteiger partial charge in [-0.2, -0.15) is 0 Å². The van der Waals surface area contributed by atoms with Gasteiger partial charge < -0.3 is 5.11 Å². The van der Waals surface area contributed by atoms with E-state index in [-0.39, 0.29) is 0 Å². The molecule has 1 rings (SSSR count). The van der Waals surface area contributed by atoms with Gasteiger partial charge in [0.05, 0.1) is 6.54 Å². The maximum Gasteiger partial charge on any atom is 0.254 e. The number of nitrogens with zero attached hydrogens (tertiary/aromatic N) is 2. The summed E-state index contributed by atoms with van der Waals surface area (Å²) in [5.74, 6) is 0.650. The molecule has 3 radical (unpaired) electrons. The molecular weight excluding hydrogens is 192 g/mol. The van der Waals surface area contributed by atoms with Gasteiger partial charge in [-0.1, -0.05) is 32.0 Å². The first-order chi connectivity index (χ1) is 6.66. The van der Waals surface area contributed by atoms with Gasteiger partial charge in [0, 0.05) is 5.56 Å². The smallest absolute Gasteiger partial charge is 0.254 e. The summed E-state index contributed by atoms with van der Waals surface area (Å²) in [4.78, 5) is 0. The Bertz CT molecular complexity index is 337. The summed E-state index contributed by atoms with van der Waals surface area (Å²) >= 11 is 0. The molecule has 0 unspecified atom stereocenters. The summed E-state index contributed by atoms with van der Waals surface area (Å²) in [6.07, 6.45) is 0. The second-order valence-corrected chi connectivity index (χ2v) is 3.61. The molecule has 1 N–H and O–H groups in total. The quantitative estimate of drug-likeness (QED) is 0.598. The molecule has 0 fully saturated rings. The first kappa shape index (κ1) is 10.9. The molecule has 0 saturated carbocycles. The highest BCUT2D eigenvalue weighted by Crippen LogP contribution is 2.29. The van der Waals surface area contributed by atoms with E-state index in [1.54, 1.807) is 0 Å². The van der Waals surface area contributed by atoms with Crippen LogP contribution in [0.2, 0.25) is 0 Å². The van der Waals surface area contributed by atoms with Crippen molar-refractivity contribution in [2.24, 2.45) is 9.89 Å². The van der Waals surface area contributed by atoms with Crippen LogP contribution in [0.1, 0.15) is 30.9 Å². The fourth-order valence-corrected chi connectivity index (χ4v) is 1.39. The largest absolute Gasteiger partial charge is 0.507 e. The summed E-state index contributed by atoms with van der Waals surface area (Å²) in [6.45, 7) is 4.49. The average Bonchev–Trinajstić information content (AvgIpc) is 2.16. The summed E-state index contributed by atoms with van der Waals surface area (Å²) in [5.41, 5.74) is 1.75. The van der Waals surface area contributed by atoms with Crippen molar-refractivity contribution in [2.45, 2.75) is 26.3 Å². The van der Waals surface area contributed by atoms with E-state index in [2.05, 4.69) is 20.3 Å². The molecule has 0 aliphatic carbocycles. The molecule has 1 aromatic rings.